The Bertz CT molecular complexity index is 392. The Balaban J connectivity index is 1.96. The molecule has 0 atom stereocenters. The summed E-state index contributed by atoms with van der Waals surface area (Å²) in [5.41, 5.74) is 0.363. The van der Waals surface area contributed by atoms with Crippen LogP contribution in [0.1, 0.15) is 5.56 Å². The van der Waals surface area contributed by atoms with Gasteiger partial charge in [0.05, 0.1) is 0 Å². The Labute approximate surface area is 99.1 Å². The van der Waals surface area contributed by atoms with Gasteiger partial charge in [0.1, 0.15) is 5.82 Å². The number of aromatic hydroxyl groups is 1. The van der Waals surface area contributed by atoms with Gasteiger partial charge in [0.15, 0.2) is 11.6 Å². The van der Waals surface area contributed by atoms with E-state index in [2.05, 4.69) is 10.2 Å². The fraction of sp³-hybridized carbons (Fsp3) is 0.500. The molecule has 0 saturated carbocycles. The molecule has 94 valence electrons. The van der Waals surface area contributed by atoms with Crippen molar-refractivity contribution in [1.29, 1.82) is 0 Å². The normalized spacial score (nSPS) is 17.3. The van der Waals surface area contributed by atoms with Crippen LogP contribution in [0.2, 0.25) is 0 Å². The maximum Gasteiger partial charge on any atom is 0.167 e. The van der Waals surface area contributed by atoms with E-state index in [1.807, 2.05) is 0 Å². The summed E-state index contributed by atoms with van der Waals surface area (Å²) in [4.78, 5) is 2.22. The first-order valence-electron chi connectivity index (χ1n) is 5.77. The summed E-state index contributed by atoms with van der Waals surface area (Å²) in [5, 5.41) is 12.4. The van der Waals surface area contributed by atoms with Gasteiger partial charge in [0.2, 0.25) is 0 Å². The van der Waals surface area contributed by atoms with Crippen LogP contribution >= 0.6 is 0 Å². The molecule has 1 aliphatic rings. The number of nitrogens with zero attached hydrogens (tertiary/aromatic N) is 1. The molecule has 3 nitrogen and oxygen atoms in total. The zero-order valence-electron chi connectivity index (χ0n) is 9.55. The molecule has 0 aromatic heterocycles. The standard InChI is InChI=1S/C12H16F2N2O/c13-10-8-11(14)12(17)7-9(10)1-4-16-5-2-15-3-6-16/h7-8,15,17H,1-6H2. The first-order chi connectivity index (χ1) is 8.16. The minimum absolute atomic E-state index is 0.363. The van der Waals surface area contributed by atoms with E-state index >= 15 is 0 Å². The molecule has 1 aromatic carbocycles. The third kappa shape index (κ3) is 3.14. The van der Waals surface area contributed by atoms with Gasteiger partial charge in [-0.15, -0.1) is 0 Å². The maximum atomic E-state index is 13.4. The molecule has 1 aliphatic heterocycles. The first-order valence-corrected chi connectivity index (χ1v) is 5.77. The zero-order valence-corrected chi connectivity index (χ0v) is 9.55. The van der Waals surface area contributed by atoms with Gasteiger partial charge in [0.25, 0.3) is 0 Å². The lowest BCUT2D eigenvalue weighted by atomic mass is 10.1. The number of benzene rings is 1. The molecule has 1 aromatic rings. The molecule has 1 saturated heterocycles. The van der Waals surface area contributed by atoms with E-state index in [0.29, 0.717) is 12.0 Å². The van der Waals surface area contributed by atoms with Crippen molar-refractivity contribution >= 4 is 0 Å². The minimum Gasteiger partial charge on any atom is -0.505 e. The molecule has 1 heterocycles. The van der Waals surface area contributed by atoms with Crippen LogP contribution < -0.4 is 5.32 Å². The quantitative estimate of drug-likeness (QED) is 0.833. The largest absolute Gasteiger partial charge is 0.505 e. The van der Waals surface area contributed by atoms with Gasteiger partial charge >= 0.3 is 0 Å². The Kier molecular flexibility index (Phi) is 3.91. The van der Waals surface area contributed by atoms with Crippen molar-refractivity contribution in [2.45, 2.75) is 6.42 Å². The lowest BCUT2D eigenvalue weighted by molar-refractivity contribution is 0.243. The number of rotatable bonds is 3. The van der Waals surface area contributed by atoms with Crippen LogP contribution in [-0.2, 0) is 6.42 Å². The number of hydrogen-bond acceptors (Lipinski definition) is 3. The molecule has 2 N–H and O–H groups in total. The smallest absolute Gasteiger partial charge is 0.167 e. The van der Waals surface area contributed by atoms with Crippen LogP contribution in [-0.4, -0.2) is 42.7 Å². The summed E-state index contributed by atoms with van der Waals surface area (Å²) >= 11 is 0. The maximum absolute atomic E-state index is 13.4. The van der Waals surface area contributed by atoms with E-state index in [4.69, 9.17) is 0 Å². The Morgan fingerprint density at radius 3 is 2.59 bits per heavy atom. The first kappa shape index (κ1) is 12.3. The van der Waals surface area contributed by atoms with Gasteiger partial charge in [-0.3, -0.25) is 0 Å². The number of phenolic OH excluding ortho intramolecular Hbond substituents is 1. The van der Waals surface area contributed by atoms with Crippen LogP contribution in [0.4, 0.5) is 8.78 Å². The molecular formula is C12H16F2N2O. The highest BCUT2D eigenvalue weighted by Gasteiger charge is 2.12. The molecular weight excluding hydrogens is 226 g/mol. The highest BCUT2D eigenvalue weighted by molar-refractivity contribution is 5.30. The van der Waals surface area contributed by atoms with Gasteiger partial charge in [-0.25, -0.2) is 8.78 Å². The summed E-state index contributed by atoms with van der Waals surface area (Å²) in [6.45, 7) is 4.49. The number of piperazine rings is 1. The van der Waals surface area contributed by atoms with Crippen molar-refractivity contribution in [3.63, 3.8) is 0 Å². The number of halogens is 2. The van der Waals surface area contributed by atoms with Gasteiger partial charge in [-0.1, -0.05) is 0 Å². The predicted octanol–water partition coefficient (Wildman–Crippen LogP) is 1.12. The van der Waals surface area contributed by atoms with Crippen LogP contribution in [0.3, 0.4) is 0 Å². The summed E-state index contributed by atoms with van der Waals surface area (Å²) < 4.78 is 26.2. The monoisotopic (exact) mass is 242 g/mol. The Morgan fingerprint density at radius 1 is 1.18 bits per heavy atom. The zero-order chi connectivity index (χ0) is 12.3. The van der Waals surface area contributed by atoms with Crippen molar-refractivity contribution in [2.24, 2.45) is 0 Å². The minimum atomic E-state index is -0.909. The average Bonchev–Trinajstić information content (AvgIpc) is 2.33. The average molecular weight is 242 g/mol. The highest BCUT2D eigenvalue weighted by atomic mass is 19.1. The summed E-state index contributed by atoms with van der Waals surface area (Å²) in [6, 6.07) is 1.91. The van der Waals surface area contributed by atoms with Crippen molar-refractivity contribution in [3.05, 3.63) is 29.3 Å². The molecule has 0 unspecified atom stereocenters. The second-order valence-corrected chi connectivity index (χ2v) is 4.24. The molecule has 0 amide bonds. The molecule has 0 spiro atoms. The van der Waals surface area contributed by atoms with Gasteiger partial charge in [-0.05, 0) is 18.1 Å². The van der Waals surface area contributed by atoms with Crippen molar-refractivity contribution < 1.29 is 13.9 Å². The lowest BCUT2D eigenvalue weighted by Gasteiger charge is -2.27. The van der Waals surface area contributed by atoms with E-state index in [-0.39, 0.29) is 0 Å². The Morgan fingerprint density at radius 2 is 1.88 bits per heavy atom. The topological polar surface area (TPSA) is 35.5 Å². The van der Waals surface area contributed by atoms with Crippen molar-refractivity contribution in [2.75, 3.05) is 32.7 Å². The molecule has 5 heteroatoms. The number of hydrogen-bond donors (Lipinski definition) is 2. The van der Waals surface area contributed by atoms with Gasteiger partial charge < -0.3 is 15.3 Å². The molecule has 0 radical (unpaired) electrons. The van der Waals surface area contributed by atoms with E-state index in [9.17, 15) is 13.9 Å². The third-order valence-corrected chi connectivity index (χ3v) is 3.02. The summed E-state index contributed by atoms with van der Waals surface area (Å²) in [7, 11) is 0. The predicted molar refractivity (Wildman–Crippen MR) is 61.0 cm³/mol. The number of nitrogens with one attached hydrogen (secondary N) is 1. The van der Waals surface area contributed by atoms with Crippen molar-refractivity contribution in [1.82, 2.24) is 10.2 Å². The van der Waals surface area contributed by atoms with Crippen LogP contribution in [0.5, 0.6) is 5.75 Å². The van der Waals surface area contributed by atoms with E-state index < -0.39 is 17.4 Å². The third-order valence-electron chi connectivity index (χ3n) is 3.02. The summed E-state index contributed by atoms with van der Waals surface area (Å²) in [5.74, 6) is -1.98. The van der Waals surface area contributed by atoms with Crippen LogP contribution in [0, 0.1) is 11.6 Å². The molecule has 17 heavy (non-hydrogen) atoms. The molecule has 0 aliphatic carbocycles. The van der Waals surface area contributed by atoms with E-state index in [1.54, 1.807) is 0 Å². The van der Waals surface area contributed by atoms with Crippen LogP contribution in [0.15, 0.2) is 12.1 Å². The van der Waals surface area contributed by atoms with Gasteiger partial charge in [-0.2, -0.15) is 0 Å². The number of phenols is 1. The fourth-order valence-electron chi connectivity index (χ4n) is 1.99. The van der Waals surface area contributed by atoms with Gasteiger partial charge in [0, 0.05) is 38.8 Å². The second-order valence-electron chi connectivity index (χ2n) is 4.24. The molecule has 1 fully saturated rings. The SMILES string of the molecule is Oc1cc(CCN2CCNCC2)c(F)cc1F. The van der Waals surface area contributed by atoms with E-state index in [1.165, 1.54) is 6.07 Å². The molecule has 2 rings (SSSR count). The second kappa shape index (κ2) is 5.42. The van der Waals surface area contributed by atoms with Crippen molar-refractivity contribution in [3.8, 4) is 5.75 Å². The highest BCUT2D eigenvalue weighted by Crippen LogP contribution is 2.20. The lowest BCUT2D eigenvalue weighted by Crippen LogP contribution is -2.44. The van der Waals surface area contributed by atoms with E-state index in [0.717, 1.165) is 38.8 Å². The fourth-order valence-corrected chi connectivity index (χ4v) is 1.99. The Hall–Kier alpha value is -1.20. The van der Waals surface area contributed by atoms with Crippen LogP contribution in [0.25, 0.3) is 0 Å². The molecule has 0 bridgehead atoms. The summed E-state index contributed by atoms with van der Waals surface area (Å²) in [6.07, 6.45) is 0.486.